The number of amides is 1. The van der Waals surface area contributed by atoms with Gasteiger partial charge in [0.25, 0.3) is 0 Å². The van der Waals surface area contributed by atoms with Crippen LogP contribution in [0.4, 0.5) is 0 Å². The fourth-order valence-electron chi connectivity index (χ4n) is 7.18. The van der Waals surface area contributed by atoms with Crippen molar-refractivity contribution in [3.8, 4) is 0 Å². The van der Waals surface area contributed by atoms with E-state index in [2.05, 4.69) is 24.3 Å². The zero-order valence-electron chi connectivity index (χ0n) is 16.1. The summed E-state index contributed by atoms with van der Waals surface area (Å²) in [5, 5.41) is 8.44. The molecule has 0 aromatic heterocycles. The Hall–Kier alpha value is -1.56. The van der Waals surface area contributed by atoms with Crippen LogP contribution in [0.3, 0.4) is 0 Å². The molecule has 6 atom stereocenters. The van der Waals surface area contributed by atoms with E-state index in [0.29, 0.717) is 17.9 Å². The average Bonchev–Trinajstić information content (AvgIpc) is 2.86. The first kappa shape index (κ1) is 17.8. The van der Waals surface area contributed by atoms with Crippen LogP contribution in [-0.2, 0) is 4.79 Å². The number of nitrogens with one attached hydrogen (secondary N) is 1. The van der Waals surface area contributed by atoms with Gasteiger partial charge in [-0.2, -0.15) is 5.10 Å². The van der Waals surface area contributed by atoms with Gasteiger partial charge in [0.1, 0.15) is 6.34 Å². The highest BCUT2D eigenvalue weighted by molar-refractivity contribution is 5.88. The maximum absolute atomic E-state index is 12.0. The fraction of sp³-hybridized carbons (Fsp3) is 0.800. The van der Waals surface area contributed by atoms with Gasteiger partial charge in [-0.1, -0.05) is 19.4 Å². The Balaban J connectivity index is 1.63. The van der Waals surface area contributed by atoms with Crippen LogP contribution < -0.4 is 17.0 Å². The number of hydrogen-bond donors (Lipinski definition) is 3. The van der Waals surface area contributed by atoms with E-state index in [9.17, 15) is 4.79 Å². The lowest BCUT2D eigenvalue weighted by molar-refractivity contribution is -0.116. The molecule has 26 heavy (non-hydrogen) atoms. The van der Waals surface area contributed by atoms with Crippen LogP contribution in [0.2, 0.25) is 0 Å². The maximum Gasteiger partial charge on any atom is 0.243 e. The van der Waals surface area contributed by atoms with Crippen molar-refractivity contribution < 1.29 is 4.79 Å². The van der Waals surface area contributed by atoms with Crippen molar-refractivity contribution in [3.05, 3.63) is 11.6 Å². The lowest BCUT2D eigenvalue weighted by Crippen LogP contribution is -2.55. The summed E-state index contributed by atoms with van der Waals surface area (Å²) in [5.41, 5.74) is 1.79. The van der Waals surface area contributed by atoms with Gasteiger partial charge in [0.2, 0.25) is 5.91 Å². The molecule has 1 aliphatic heterocycles. The van der Waals surface area contributed by atoms with E-state index >= 15 is 0 Å². The van der Waals surface area contributed by atoms with Crippen LogP contribution in [-0.4, -0.2) is 29.8 Å². The van der Waals surface area contributed by atoms with Crippen LogP contribution in [0.1, 0.15) is 58.8 Å². The molecule has 0 radical (unpaired) electrons. The molecule has 3 saturated carbocycles. The summed E-state index contributed by atoms with van der Waals surface area (Å²) in [6.45, 7) is 5.65. The average molecular weight is 360 g/mol. The second-order valence-electron chi connectivity index (χ2n) is 9.39. The Morgan fingerprint density at radius 2 is 2.04 bits per heavy atom. The summed E-state index contributed by atoms with van der Waals surface area (Å²) in [5.74, 6) is 13.8. The number of nitrogens with two attached hydrogens (primary N) is 2. The van der Waals surface area contributed by atoms with Gasteiger partial charge in [0.15, 0.2) is 0 Å². The summed E-state index contributed by atoms with van der Waals surface area (Å²) >= 11 is 0. The summed E-state index contributed by atoms with van der Waals surface area (Å²) in [7, 11) is 0. The third-order valence-electron chi connectivity index (χ3n) is 8.49. The largest absolute Gasteiger partial charge is 0.353 e. The minimum atomic E-state index is 0.101. The van der Waals surface area contributed by atoms with Gasteiger partial charge in [-0.05, 0) is 73.5 Å². The van der Waals surface area contributed by atoms with Crippen LogP contribution in [0.5, 0.6) is 0 Å². The van der Waals surface area contributed by atoms with Crippen molar-refractivity contribution in [2.75, 3.05) is 6.54 Å². The van der Waals surface area contributed by atoms with Gasteiger partial charge in [-0.25, -0.2) is 5.84 Å². The molecule has 144 valence electrons. The van der Waals surface area contributed by atoms with Crippen molar-refractivity contribution in [2.24, 2.45) is 45.4 Å². The van der Waals surface area contributed by atoms with Crippen molar-refractivity contribution in [3.63, 3.8) is 0 Å². The molecule has 1 amide bonds. The highest BCUT2D eigenvalue weighted by Crippen LogP contribution is 2.65. The predicted octanol–water partition coefficient (Wildman–Crippen LogP) is 2.12. The molecule has 6 unspecified atom stereocenters. The molecule has 3 fully saturated rings. The quantitative estimate of drug-likeness (QED) is 0.304. The number of nitrogens with zero attached hydrogens (tertiary/aromatic N) is 2. The van der Waals surface area contributed by atoms with Crippen LogP contribution >= 0.6 is 0 Å². The third kappa shape index (κ3) is 2.48. The normalized spacial score (nSPS) is 45.2. The van der Waals surface area contributed by atoms with Crippen molar-refractivity contribution in [1.82, 2.24) is 10.3 Å². The van der Waals surface area contributed by atoms with Crippen molar-refractivity contribution in [2.45, 2.75) is 64.8 Å². The second kappa shape index (κ2) is 6.25. The minimum Gasteiger partial charge on any atom is -0.353 e. The number of rotatable bonds is 2. The van der Waals surface area contributed by atoms with E-state index in [1.807, 2.05) is 6.08 Å². The second-order valence-corrected chi connectivity index (χ2v) is 9.39. The van der Waals surface area contributed by atoms with E-state index in [0.717, 1.165) is 31.7 Å². The van der Waals surface area contributed by atoms with Crippen LogP contribution in [0, 0.1) is 28.6 Å². The molecule has 6 heteroatoms. The first-order chi connectivity index (χ1) is 12.4. The Labute approximate surface area is 156 Å². The number of hydrazone groups is 1. The Bertz CT molecular complexity index is 646. The molecular weight excluding hydrogens is 326 g/mol. The molecule has 0 saturated heterocycles. The number of allylic oxidation sites excluding steroid dienone is 1. The lowest BCUT2D eigenvalue weighted by Gasteiger charge is -2.57. The predicted molar refractivity (Wildman–Crippen MR) is 103 cm³/mol. The summed E-state index contributed by atoms with van der Waals surface area (Å²) < 4.78 is 0. The van der Waals surface area contributed by atoms with Gasteiger partial charge < -0.3 is 11.2 Å². The SMILES string of the molecule is CC12CCNC(=O)C=C1CCC1C2CCC2(C)C1CCC2N(N)/C=N\N. The Morgan fingerprint density at radius 1 is 1.23 bits per heavy atom. The van der Waals surface area contributed by atoms with Crippen LogP contribution in [0.15, 0.2) is 16.8 Å². The summed E-state index contributed by atoms with van der Waals surface area (Å²) in [6.07, 6.45) is 11.6. The Morgan fingerprint density at radius 3 is 2.81 bits per heavy atom. The molecule has 5 N–H and O–H groups in total. The van der Waals surface area contributed by atoms with E-state index in [1.165, 1.54) is 31.3 Å². The van der Waals surface area contributed by atoms with Crippen LogP contribution in [0.25, 0.3) is 0 Å². The maximum atomic E-state index is 12.0. The molecule has 4 rings (SSSR count). The monoisotopic (exact) mass is 359 g/mol. The van der Waals surface area contributed by atoms with Gasteiger partial charge in [-0.3, -0.25) is 9.80 Å². The first-order valence-electron chi connectivity index (χ1n) is 10.2. The zero-order chi connectivity index (χ0) is 18.5. The first-order valence-corrected chi connectivity index (χ1v) is 10.2. The summed E-state index contributed by atoms with van der Waals surface area (Å²) in [6, 6.07) is 0.322. The highest BCUT2D eigenvalue weighted by atomic mass is 16.1. The lowest BCUT2D eigenvalue weighted by atomic mass is 9.48. The number of fused-ring (bicyclic) bond motifs is 5. The molecule has 6 nitrogen and oxygen atoms in total. The topological polar surface area (TPSA) is 96.7 Å². The smallest absolute Gasteiger partial charge is 0.243 e. The van der Waals surface area contributed by atoms with Gasteiger partial charge in [0, 0.05) is 12.6 Å². The Kier molecular flexibility index (Phi) is 4.29. The molecule has 0 aromatic rings. The van der Waals surface area contributed by atoms with E-state index in [4.69, 9.17) is 11.7 Å². The van der Waals surface area contributed by atoms with Gasteiger partial charge >= 0.3 is 0 Å². The third-order valence-corrected chi connectivity index (χ3v) is 8.49. The van der Waals surface area contributed by atoms with E-state index in [-0.39, 0.29) is 16.7 Å². The van der Waals surface area contributed by atoms with Gasteiger partial charge in [-0.15, -0.1) is 0 Å². The number of hydrogen-bond acceptors (Lipinski definition) is 4. The highest BCUT2D eigenvalue weighted by Gasteiger charge is 2.59. The number of carbonyl (C=O) groups excluding carboxylic acids is 1. The molecule has 0 aromatic carbocycles. The number of hydrazine groups is 1. The number of carbonyl (C=O) groups is 1. The molecule has 0 bridgehead atoms. The molecule has 3 aliphatic carbocycles. The van der Waals surface area contributed by atoms with Crippen molar-refractivity contribution in [1.29, 1.82) is 0 Å². The van der Waals surface area contributed by atoms with Gasteiger partial charge in [0.05, 0.1) is 6.04 Å². The standard InChI is InChI=1S/C20H33N5O/c1-19-9-10-23-18(26)11-13(19)3-4-14-15-5-6-17(25(22)12-24-21)20(15,2)8-7-16(14)19/h11-12,14-17H,3-10,21-22H2,1-2H3,(H,23,26)/b24-12-. The molecular formula is C20H33N5O. The molecule has 0 spiro atoms. The zero-order valence-corrected chi connectivity index (χ0v) is 16.1. The summed E-state index contributed by atoms with van der Waals surface area (Å²) in [4.78, 5) is 12.0. The van der Waals surface area contributed by atoms with E-state index in [1.54, 1.807) is 11.3 Å². The molecule has 4 aliphatic rings. The molecule has 1 heterocycles. The minimum absolute atomic E-state index is 0.101. The van der Waals surface area contributed by atoms with Crippen molar-refractivity contribution >= 4 is 12.2 Å². The fourth-order valence-corrected chi connectivity index (χ4v) is 7.18. The van der Waals surface area contributed by atoms with E-state index < -0.39 is 0 Å².